The van der Waals surface area contributed by atoms with Crippen molar-refractivity contribution in [1.82, 2.24) is 21.3 Å². The molecule has 0 unspecified atom stereocenters. The van der Waals surface area contributed by atoms with Crippen LogP contribution in [0.3, 0.4) is 0 Å². The molecule has 0 aromatic carbocycles. The van der Waals surface area contributed by atoms with Crippen LogP contribution in [0.25, 0.3) is 0 Å². The zero-order valence-electron chi connectivity index (χ0n) is 13.0. The molecule has 0 bridgehead atoms. The van der Waals surface area contributed by atoms with Crippen molar-refractivity contribution in [2.75, 3.05) is 26.2 Å². The molecule has 4 amide bonds. The molecule has 0 fully saturated rings. The summed E-state index contributed by atoms with van der Waals surface area (Å²) in [7, 11) is 0. The van der Waals surface area contributed by atoms with Gasteiger partial charge in [-0.25, -0.2) is 0 Å². The van der Waals surface area contributed by atoms with Gasteiger partial charge in [0, 0.05) is 0 Å². The van der Waals surface area contributed by atoms with Crippen LogP contribution in [0, 0.1) is 0 Å². The van der Waals surface area contributed by atoms with Crippen molar-refractivity contribution in [2.24, 2.45) is 5.73 Å². The minimum atomic E-state index is -1.36. The summed E-state index contributed by atoms with van der Waals surface area (Å²) in [5.41, 5.74) is 5.04. The topological polar surface area (TPSA) is 200 Å². The molecule has 0 aliphatic carbocycles. The van der Waals surface area contributed by atoms with E-state index in [1.165, 1.54) is 6.92 Å². The Kier molecular flexibility index (Phi) is 9.67. The summed E-state index contributed by atoms with van der Waals surface area (Å²) >= 11 is 0. The van der Waals surface area contributed by atoms with Gasteiger partial charge in [0.25, 0.3) is 0 Å². The van der Waals surface area contributed by atoms with Crippen molar-refractivity contribution in [3.8, 4) is 0 Å². The van der Waals surface area contributed by atoms with Crippen LogP contribution >= 0.6 is 0 Å². The number of hydrogen-bond acceptors (Lipinski definition) is 7. The number of rotatable bonds is 10. The molecule has 12 heteroatoms. The van der Waals surface area contributed by atoms with E-state index < -0.39 is 61.4 Å². The molecule has 0 rings (SSSR count). The standard InChI is InChI=1S/C12H21N5O7/c1-6(18)11(17-9(21)4-14-7(19)2-13)12(24)16-3-8(20)15-5-10(22)23/h6,11,18H,2-5,13H2,1H3,(H,14,19)(H,15,20)(H,16,24)(H,17,21)(H,22,23)/t6-,11+/m1/s1. The highest BCUT2D eigenvalue weighted by atomic mass is 16.4. The Labute approximate surface area is 137 Å². The minimum Gasteiger partial charge on any atom is -0.480 e. The predicted molar refractivity (Wildman–Crippen MR) is 79.3 cm³/mol. The van der Waals surface area contributed by atoms with E-state index in [4.69, 9.17) is 10.8 Å². The Balaban J connectivity index is 4.41. The summed E-state index contributed by atoms with van der Waals surface area (Å²) in [5, 5.41) is 26.5. The van der Waals surface area contributed by atoms with Crippen LogP contribution in [0.4, 0.5) is 0 Å². The van der Waals surface area contributed by atoms with Crippen molar-refractivity contribution < 1.29 is 34.2 Å². The number of aliphatic hydroxyl groups excluding tert-OH is 1. The van der Waals surface area contributed by atoms with Gasteiger partial charge in [0.2, 0.25) is 23.6 Å². The van der Waals surface area contributed by atoms with Gasteiger partial charge in [0.1, 0.15) is 12.6 Å². The largest absolute Gasteiger partial charge is 0.480 e. The molecule has 0 saturated carbocycles. The summed E-state index contributed by atoms with van der Waals surface area (Å²) in [4.78, 5) is 55.9. The van der Waals surface area contributed by atoms with Crippen molar-refractivity contribution in [2.45, 2.75) is 19.1 Å². The molecule has 0 heterocycles. The molecular weight excluding hydrogens is 326 g/mol. The number of carboxylic acid groups (broad SMARTS) is 1. The summed E-state index contributed by atoms with van der Waals surface area (Å²) in [6.07, 6.45) is -1.28. The molecule has 136 valence electrons. The van der Waals surface area contributed by atoms with Gasteiger partial charge >= 0.3 is 5.97 Å². The first-order chi connectivity index (χ1) is 11.2. The lowest BCUT2D eigenvalue weighted by atomic mass is 10.1. The lowest BCUT2D eigenvalue weighted by Crippen LogP contribution is -2.55. The number of nitrogens with one attached hydrogen (secondary N) is 4. The van der Waals surface area contributed by atoms with Gasteiger partial charge in [0.15, 0.2) is 0 Å². The van der Waals surface area contributed by atoms with Gasteiger partial charge in [-0.05, 0) is 6.92 Å². The zero-order valence-corrected chi connectivity index (χ0v) is 13.0. The molecule has 0 saturated heterocycles. The summed E-state index contributed by atoms with van der Waals surface area (Å²) < 4.78 is 0. The first-order valence-corrected chi connectivity index (χ1v) is 6.87. The number of carbonyl (C=O) groups is 5. The van der Waals surface area contributed by atoms with Gasteiger partial charge in [-0.2, -0.15) is 0 Å². The highest BCUT2D eigenvalue weighted by Crippen LogP contribution is 1.93. The number of carbonyl (C=O) groups excluding carboxylic acids is 4. The van der Waals surface area contributed by atoms with E-state index in [0.717, 1.165) is 0 Å². The van der Waals surface area contributed by atoms with Crippen LogP contribution in [0.5, 0.6) is 0 Å². The normalized spacial score (nSPS) is 12.5. The number of hydrogen-bond donors (Lipinski definition) is 7. The van der Waals surface area contributed by atoms with E-state index >= 15 is 0 Å². The third-order valence-electron chi connectivity index (χ3n) is 2.57. The molecule has 2 atom stereocenters. The van der Waals surface area contributed by atoms with E-state index in [2.05, 4.69) is 16.0 Å². The van der Waals surface area contributed by atoms with E-state index in [1.54, 1.807) is 0 Å². The average Bonchev–Trinajstić information content (AvgIpc) is 2.52. The molecule has 12 nitrogen and oxygen atoms in total. The molecule has 0 aromatic heterocycles. The molecule has 0 aliphatic rings. The van der Waals surface area contributed by atoms with E-state index in [0.29, 0.717) is 0 Å². The fraction of sp³-hybridized carbons (Fsp3) is 0.583. The summed E-state index contributed by atoms with van der Waals surface area (Å²) in [5.74, 6) is -4.17. The van der Waals surface area contributed by atoms with Crippen LogP contribution in [0.2, 0.25) is 0 Å². The zero-order chi connectivity index (χ0) is 18.7. The van der Waals surface area contributed by atoms with Crippen molar-refractivity contribution >= 4 is 29.6 Å². The lowest BCUT2D eigenvalue weighted by Gasteiger charge is -2.20. The van der Waals surface area contributed by atoms with E-state index in [-0.39, 0.29) is 6.54 Å². The number of amides is 4. The molecule has 0 aliphatic heterocycles. The van der Waals surface area contributed by atoms with Crippen molar-refractivity contribution in [3.05, 3.63) is 0 Å². The first-order valence-electron chi connectivity index (χ1n) is 6.87. The molecule has 0 spiro atoms. The number of carboxylic acids is 1. The lowest BCUT2D eigenvalue weighted by molar-refractivity contribution is -0.138. The van der Waals surface area contributed by atoms with Crippen LogP contribution in [-0.4, -0.2) is 78.1 Å². The first kappa shape index (κ1) is 21.3. The molecule has 24 heavy (non-hydrogen) atoms. The quantitative estimate of drug-likeness (QED) is 0.204. The molecular formula is C12H21N5O7. The van der Waals surface area contributed by atoms with Gasteiger partial charge in [0.05, 0.1) is 25.7 Å². The third kappa shape index (κ3) is 9.32. The van der Waals surface area contributed by atoms with Crippen molar-refractivity contribution in [1.29, 1.82) is 0 Å². The fourth-order valence-electron chi connectivity index (χ4n) is 1.39. The highest BCUT2D eigenvalue weighted by Gasteiger charge is 2.25. The SMILES string of the molecule is C[C@@H](O)[C@H](NC(=O)CNC(=O)CN)C(=O)NCC(=O)NCC(=O)O. The number of aliphatic hydroxyl groups is 1. The number of aliphatic carboxylic acids is 1. The van der Waals surface area contributed by atoms with Crippen LogP contribution < -0.4 is 27.0 Å². The van der Waals surface area contributed by atoms with E-state index in [1.807, 2.05) is 5.32 Å². The van der Waals surface area contributed by atoms with E-state index in [9.17, 15) is 29.1 Å². The Hall–Kier alpha value is -2.73. The minimum absolute atomic E-state index is 0.306. The predicted octanol–water partition coefficient (Wildman–Crippen LogP) is -4.76. The monoisotopic (exact) mass is 347 g/mol. The number of nitrogens with two attached hydrogens (primary N) is 1. The molecule has 8 N–H and O–H groups in total. The maximum Gasteiger partial charge on any atom is 0.322 e. The highest BCUT2D eigenvalue weighted by molar-refractivity contribution is 5.92. The second-order valence-electron chi connectivity index (χ2n) is 4.65. The fourth-order valence-corrected chi connectivity index (χ4v) is 1.39. The maximum atomic E-state index is 11.9. The van der Waals surface area contributed by atoms with Gasteiger partial charge in [-0.15, -0.1) is 0 Å². The van der Waals surface area contributed by atoms with Crippen LogP contribution in [0.15, 0.2) is 0 Å². The summed E-state index contributed by atoms with van der Waals surface area (Å²) in [6.45, 7) is -0.639. The average molecular weight is 347 g/mol. The van der Waals surface area contributed by atoms with Gasteiger partial charge in [-0.3, -0.25) is 24.0 Å². The second-order valence-corrected chi connectivity index (χ2v) is 4.65. The van der Waals surface area contributed by atoms with Gasteiger partial charge in [-0.1, -0.05) is 0 Å². The second kappa shape index (κ2) is 10.9. The third-order valence-corrected chi connectivity index (χ3v) is 2.57. The maximum absolute atomic E-state index is 11.9. The summed E-state index contributed by atoms with van der Waals surface area (Å²) in [6, 6.07) is -1.36. The Morgan fingerprint density at radius 2 is 1.46 bits per heavy atom. The molecule has 0 aromatic rings. The van der Waals surface area contributed by atoms with Crippen LogP contribution in [-0.2, 0) is 24.0 Å². The Bertz CT molecular complexity index is 494. The Morgan fingerprint density at radius 1 is 0.917 bits per heavy atom. The van der Waals surface area contributed by atoms with Crippen LogP contribution in [0.1, 0.15) is 6.92 Å². The molecule has 0 radical (unpaired) electrons. The van der Waals surface area contributed by atoms with Gasteiger partial charge < -0.3 is 37.2 Å². The van der Waals surface area contributed by atoms with Crippen molar-refractivity contribution in [3.63, 3.8) is 0 Å². The Morgan fingerprint density at radius 3 is 1.96 bits per heavy atom. The smallest absolute Gasteiger partial charge is 0.322 e.